The molecule has 0 aliphatic heterocycles. The van der Waals surface area contributed by atoms with Crippen molar-refractivity contribution >= 4 is 23.1 Å². The van der Waals surface area contributed by atoms with Gasteiger partial charge in [0, 0.05) is 0 Å². The molecule has 3 aromatic rings. The first-order valence-electron chi connectivity index (χ1n) is 7.62. The third kappa shape index (κ3) is 4.60. The molecule has 0 atom stereocenters. The second-order valence-electron chi connectivity index (χ2n) is 5.39. The molecular formula is C19H15F2N3O. The van der Waals surface area contributed by atoms with Crippen LogP contribution < -0.4 is 10.6 Å². The van der Waals surface area contributed by atoms with Crippen LogP contribution in [0.1, 0.15) is 5.56 Å². The largest absolute Gasteiger partial charge is 0.338 e. The van der Waals surface area contributed by atoms with Gasteiger partial charge in [-0.25, -0.2) is 13.8 Å². The van der Waals surface area contributed by atoms with Gasteiger partial charge in [0.05, 0.1) is 24.0 Å². The number of hydrogen-bond acceptors (Lipinski definition) is 3. The number of carbonyl (C=O) groups excluding carboxylic acids is 1. The summed E-state index contributed by atoms with van der Waals surface area (Å²) in [5.74, 6) is -0.581. The van der Waals surface area contributed by atoms with Crippen molar-refractivity contribution in [2.45, 2.75) is 6.42 Å². The van der Waals surface area contributed by atoms with Gasteiger partial charge in [0.15, 0.2) is 0 Å². The van der Waals surface area contributed by atoms with E-state index in [0.717, 1.165) is 0 Å². The zero-order valence-corrected chi connectivity index (χ0v) is 13.2. The second kappa shape index (κ2) is 7.53. The first-order valence-corrected chi connectivity index (χ1v) is 7.62. The van der Waals surface area contributed by atoms with E-state index < -0.39 is 0 Å². The zero-order chi connectivity index (χ0) is 17.6. The Balaban J connectivity index is 1.60. The lowest BCUT2D eigenvalue weighted by Gasteiger charge is -2.08. The van der Waals surface area contributed by atoms with Crippen molar-refractivity contribution < 1.29 is 13.6 Å². The molecule has 0 fully saturated rings. The number of nitrogens with one attached hydrogen (secondary N) is 2. The van der Waals surface area contributed by atoms with E-state index in [1.54, 1.807) is 42.5 Å². The molecule has 2 aromatic carbocycles. The number of amides is 1. The predicted molar refractivity (Wildman–Crippen MR) is 92.7 cm³/mol. The van der Waals surface area contributed by atoms with Crippen LogP contribution in [0.3, 0.4) is 0 Å². The number of anilines is 3. The Bertz CT molecular complexity index is 882. The summed E-state index contributed by atoms with van der Waals surface area (Å²) in [5, 5.41) is 5.54. The maximum absolute atomic E-state index is 13.6. The van der Waals surface area contributed by atoms with Crippen LogP contribution in [0, 0.1) is 11.6 Å². The summed E-state index contributed by atoms with van der Waals surface area (Å²) in [6, 6.07) is 15.4. The monoisotopic (exact) mass is 339 g/mol. The first-order chi connectivity index (χ1) is 12.1. The molecule has 0 saturated heterocycles. The van der Waals surface area contributed by atoms with E-state index in [9.17, 15) is 13.6 Å². The molecule has 0 saturated carbocycles. The van der Waals surface area contributed by atoms with E-state index >= 15 is 0 Å². The summed E-state index contributed by atoms with van der Waals surface area (Å²) in [6.45, 7) is 0. The SMILES string of the molecule is O=C(Cc1cccc(F)c1)Nc1ccc(Nc2ccccc2F)nc1. The van der Waals surface area contributed by atoms with Crippen molar-refractivity contribution in [3.05, 3.63) is 84.1 Å². The van der Waals surface area contributed by atoms with E-state index in [-0.39, 0.29) is 24.0 Å². The van der Waals surface area contributed by atoms with Crippen LogP contribution in [0.25, 0.3) is 0 Å². The van der Waals surface area contributed by atoms with E-state index in [0.29, 0.717) is 22.8 Å². The number of para-hydroxylation sites is 1. The number of carbonyl (C=O) groups is 1. The van der Waals surface area contributed by atoms with E-state index in [1.807, 2.05) is 0 Å². The predicted octanol–water partition coefficient (Wildman–Crippen LogP) is 4.28. The molecule has 1 aromatic heterocycles. The molecule has 0 bridgehead atoms. The van der Waals surface area contributed by atoms with Crippen LogP contribution in [-0.4, -0.2) is 10.9 Å². The number of aromatic nitrogens is 1. The molecule has 4 nitrogen and oxygen atoms in total. The molecule has 126 valence electrons. The van der Waals surface area contributed by atoms with Gasteiger partial charge >= 0.3 is 0 Å². The van der Waals surface area contributed by atoms with Gasteiger partial charge in [0.25, 0.3) is 0 Å². The van der Waals surface area contributed by atoms with Crippen LogP contribution in [-0.2, 0) is 11.2 Å². The van der Waals surface area contributed by atoms with E-state index in [4.69, 9.17) is 0 Å². The lowest BCUT2D eigenvalue weighted by Crippen LogP contribution is -2.14. The van der Waals surface area contributed by atoms with Gasteiger partial charge in [-0.1, -0.05) is 24.3 Å². The van der Waals surface area contributed by atoms with Gasteiger partial charge in [0.1, 0.15) is 17.5 Å². The van der Waals surface area contributed by atoms with Gasteiger partial charge < -0.3 is 10.6 Å². The number of halogens is 2. The Kier molecular flexibility index (Phi) is 4.99. The smallest absolute Gasteiger partial charge is 0.228 e. The summed E-state index contributed by atoms with van der Waals surface area (Å²) < 4.78 is 26.7. The average molecular weight is 339 g/mol. The number of nitrogens with zero attached hydrogens (tertiary/aromatic N) is 1. The van der Waals surface area contributed by atoms with Crippen LogP contribution in [0.5, 0.6) is 0 Å². The van der Waals surface area contributed by atoms with Crippen LogP contribution in [0.2, 0.25) is 0 Å². The summed E-state index contributed by atoms with van der Waals surface area (Å²) in [6.07, 6.45) is 1.53. The normalized spacial score (nSPS) is 10.3. The fourth-order valence-corrected chi connectivity index (χ4v) is 2.28. The highest BCUT2D eigenvalue weighted by atomic mass is 19.1. The van der Waals surface area contributed by atoms with Crippen molar-refractivity contribution in [2.75, 3.05) is 10.6 Å². The lowest BCUT2D eigenvalue weighted by molar-refractivity contribution is -0.115. The van der Waals surface area contributed by atoms with Crippen molar-refractivity contribution in [2.24, 2.45) is 0 Å². The highest BCUT2D eigenvalue weighted by Gasteiger charge is 2.06. The Hall–Kier alpha value is -3.28. The molecule has 3 rings (SSSR count). The Morgan fingerprint density at radius 2 is 1.84 bits per heavy atom. The molecule has 25 heavy (non-hydrogen) atoms. The van der Waals surface area contributed by atoms with Gasteiger partial charge in [-0.3, -0.25) is 4.79 Å². The van der Waals surface area contributed by atoms with E-state index in [1.165, 1.54) is 24.4 Å². The summed E-state index contributed by atoms with van der Waals surface area (Å²) in [4.78, 5) is 16.1. The van der Waals surface area contributed by atoms with Crippen molar-refractivity contribution in [3.8, 4) is 0 Å². The minimum Gasteiger partial charge on any atom is -0.338 e. The summed E-state index contributed by atoms with van der Waals surface area (Å²) in [5.41, 5.74) is 1.40. The standard InChI is InChI=1S/C19H15F2N3O/c20-14-5-3-4-13(10-14)11-19(25)23-15-8-9-18(22-12-15)24-17-7-2-1-6-16(17)21/h1-10,12H,11H2,(H,22,24)(H,23,25). The van der Waals surface area contributed by atoms with Crippen LogP contribution in [0.4, 0.5) is 26.0 Å². The van der Waals surface area contributed by atoms with Gasteiger partial charge in [-0.05, 0) is 42.0 Å². The maximum Gasteiger partial charge on any atom is 0.228 e. The Morgan fingerprint density at radius 3 is 2.56 bits per heavy atom. The number of pyridine rings is 1. The molecule has 6 heteroatoms. The molecule has 2 N–H and O–H groups in total. The average Bonchev–Trinajstić information content (AvgIpc) is 2.58. The highest BCUT2D eigenvalue weighted by Crippen LogP contribution is 2.19. The Labute approximate surface area is 143 Å². The maximum atomic E-state index is 13.6. The fraction of sp³-hybridized carbons (Fsp3) is 0.0526. The highest BCUT2D eigenvalue weighted by molar-refractivity contribution is 5.92. The topological polar surface area (TPSA) is 54.0 Å². The van der Waals surface area contributed by atoms with Crippen molar-refractivity contribution in [1.29, 1.82) is 0 Å². The van der Waals surface area contributed by atoms with Crippen molar-refractivity contribution in [3.63, 3.8) is 0 Å². The Morgan fingerprint density at radius 1 is 1.00 bits per heavy atom. The molecular weight excluding hydrogens is 324 g/mol. The molecule has 0 radical (unpaired) electrons. The molecule has 0 spiro atoms. The molecule has 1 amide bonds. The minimum absolute atomic E-state index is 0.0625. The van der Waals surface area contributed by atoms with Gasteiger partial charge in [-0.2, -0.15) is 0 Å². The quantitative estimate of drug-likeness (QED) is 0.729. The van der Waals surface area contributed by atoms with Gasteiger partial charge in [-0.15, -0.1) is 0 Å². The molecule has 0 aliphatic rings. The first kappa shape index (κ1) is 16.6. The van der Waals surface area contributed by atoms with Crippen LogP contribution in [0.15, 0.2) is 66.9 Å². The third-order valence-electron chi connectivity index (χ3n) is 3.44. The number of rotatable bonds is 5. The number of hydrogen-bond donors (Lipinski definition) is 2. The minimum atomic E-state index is -0.379. The summed E-state index contributed by atoms with van der Waals surface area (Å²) >= 11 is 0. The second-order valence-corrected chi connectivity index (χ2v) is 5.39. The summed E-state index contributed by atoms with van der Waals surface area (Å²) in [7, 11) is 0. The zero-order valence-electron chi connectivity index (χ0n) is 13.2. The van der Waals surface area contributed by atoms with E-state index in [2.05, 4.69) is 15.6 Å². The van der Waals surface area contributed by atoms with Gasteiger partial charge in [0.2, 0.25) is 5.91 Å². The molecule has 1 heterocycles. The third-order valence-corrected chi connectivity index (χ3v) is 3.44. The lowest BCUT2D eigenvalue weighted by atomic mass is 10.1. The van der Waals surface area contributed by atoms with Crippen LogP contribution >= 0.6 is 0 Å². The van der Waals surface area contributed by atoms with Crippen molar-refractivity contribution in [1.82, 2.24) is 4.98 Å². The molecule has 0 unspecified atom stereocenters. The fourth-order valence-electron chi connectivity index (χ4n) is 2.28. The number of benzene rings is 2. The molecule has 0 aliphatic carbocycles.